The molecule has 1 saturated heterocycles. The predicted molar refractivity (Wildman–Crippen MR) is 88.6 cm³/mol. The van der Waals surface area contributed by atoms with Crippen molar-refractivity contribution in [2.45, 2.75) is 38.1 Å². The molecule has 0 bridgehead atoms. The van der Waals surface area contributed by atoms with Gasteiger partial charge >= 0.3 is 0 Å². The average Bonchev–Trinajstić information content (AvgIpc) is 2.97. The first-order chi connectivity index (χ1) is 11.1. The molecule has 2 aliphatic carbocycles. The zero-order chi connectivity index (χ0) is 16.2. The van der Waals surface area contributed by atoms with Crippen LogP contribution >= 0.6 is 0 Å². The van der Waals surface area contributed by atoms with Gasteiger partial charge in [-0.1, -0.05) is 11.6 Å². The molecule has 1 heterocycles. The molecule has 1 aromatic carbocycles. The average molecular weight is 313 g/mol. The van der Waals surface area contributed by atoms with E-state index in [0.29, 0.717) is 6.42 Å². The molecule has 23 heavy (non-hydrogen) atoms. The van der Waals surface area contributed by atoms with Gasteiger partial charge in [0.05, 0.1) is 20.3 Å². The molecule has 4 nitrogen and oxygen atoms in total. The van der Waals surface area contributed by atoms with E-state index in [2.05, 4.69) is 18.2 Å². The minimum atomic E-state index is 0.126. The second-order valence-corrected chi connectivity index (χ2v) is 6.92. The van der Waals surface area contributed by atoms with Crippen LogP contribution in [0, 0.1) is 5.41 Å². The Morgan fingerprint density at radius 1 is 1.13 bits per heavy atom. The Kier molecular flexibility index (Phi) is 3.19. The number of hydrogen-bond acceptors (Lipinski definition) is 3. The summed E-state index contributed by atoms with van der Waals surface area (Å²) in [6.45, 7) is 0. The Bertz CT molecular complexity index is 709. The van der Waals surface area contributed by atoms with Crippen LogP contribution in [0.25, 0.3) is 6.08 Å². The molecule has 1 aromatic rings. The van der Waals surface area contributed by atoms with Crippen molar-refractivity contribution in [3.8, 4) is 11.5 Å². The van der Waals surface area contributed by atoms with Crippen molar-refractivity contribution in [2.75, 3.05) is 21.3 Å². The topological polar surface area (TPSA) is 38.8 Å². The van der Waals surface area contributed by atoms with Gasteiger partial charge in [-0.15, -0.1) is 0 Å². The highest BCUT2D eigenvalue weighted by Crippen LogP contribution is 2.62. The molecular weight excluding hydrogens is 290 g/mol. The van der Waals surface area contributed by atoms with Crippen LogP contribution in [0.1, 0.15) is 49.3 Å². The zero-order valence-corrected chi connectivity index (χ0v) is 14.0. The summed E-state index contributed by atoms with van der Waals surface area (Å²) >= 11 is 0. The molecular formula is C19H23NO3. The van der Waals surface area contributed by atoms with E-state index in [1.807, 2.05) is 11.9 Å². The largest absolute Gasteiger partial charge is 0.493 e. The van der Waals surface area contributed by atoms with Crippen molar-refractivity contribution < 1.29 is 14.3 Å². The molecule has 4 rings (SSSR count). The number of nitrogens with zero attached hydrogens (tertiary/aromatic N) is 1. The number of hydrogen-bond donors (Lipinski definition) is 0. The first kappa shape index (κ1) is 14.6. The summed E-state index contributed by atoms with van der Waals surface area (Å²) in [5.74, 6) is 1.73. The lowest BCUT2D eigenvalue weighted by atomic mass is 9.63. The molecule has 3 aliphatic rings. The number of ether oxygens (including phenoxy) is 2. The number of rotatable bonds is 2. The third-order valence-electron chi connectivity index (χ3n) is 6.01. The number of carbonyl (C=O) groups is 1. The van der Waals surface area contributed by atoms with Crippen LogP contribution in [-0.4, -0.2) is 32.1 Å². The summed E-state index contributed by atoms with van der Waals surface area (Å²) in [5, 5.41) is 0. The molecule has 1 aliphatic heterocycles. The lowest BCUT2D eigenvalue weighted by Crippen LogP contribution is -2.48. The number of fused-ring (bicyclic) bond motifs is 2. The lowest BCUT2D eigenvalue weighted by Gasteiger charge is -2.50. The van der Waals surface area contributed by atoms with Gasteiger partial charge in [-0.2, -0.15) is 0 Å². The van der Waals surface area contributed by atoms with Crippen LogP contribution in [0.3, 0.4) is 0 Å². The van der Waals surface area contributed by atoms with Gasteiger partial charge in [0.15, 0.2) is 11.5 Å². The van der Waals surface area contributed by atoms with E-state index in [9.17, 15) is 4.79 Å². The van der Waals surface area contributed by atoms with E-state index in [-0.39, 0.29) is 17.4 Å². The summed E-state index contributed by atoms with van der Waals surface area (Å²) in [7, 11) is 5.28. The number of methoxy groups -OCH3 is 2. The fourth-order valence-corrected chi connectivity index (χ4v) is 4.94. The number of piperidine rings is 1. The molecule has 122 valence electrons. The van der Waals surface area contributed by atoms with E-state index < -0.39 is 0 Å². The summed E-state index contributed by atoms with van der Waals surface area (Å²) < 4.78 is 11.0. The Balaban J connectivity index is 1.95. The van der Waals surface area contributed by atoms with Crippen molar-refractivity contribution >= 4 is 12.0 Å². The van der Waals surface area contributed by atoms with E-state index in [4.69, 9.17) is 9.47 Å². The minimum absolute atomic E-state index is 0.126. The number of benzene rings is 1. The smallest absolute Gasteiger partial charge is 0.222 e. The summed E-state index contributed by atoms with van der Waals surface area (Å²) in [6, 6.07) is 4.25. The normalized spacial score (nSPS) is 28.7. The second kappa shape index (κ2) is 5.02. The van der Waals surface area contributed by atoms with Gasteiger partial charge in [-0.3, -0.25) is 4.79 Å². The summed E-state index contributed by atoms with van der Waals surface area (Å²) in [4.78, 5) is 14.3. The lowest BCUT2D eigenvalue weighted by molar-refractivity contribution is -0.139. The van der Waals surface area contributed by atoms with E-state index >= 15 is 0 Å². The van der Waals surface area contributed by atoms with Crippen LogP contribution in [0.2, 0.25) is 0 Å². The van der Waals surface area contributed by atoms with Gasteiger partial charge in [-0.25, -0.2) is 0 Å². The second-order valence-electron chi connectivity index (χ2n) is 6.92. The van der Waals surface area contributed by atoms with E-state index in [1.54, 1.807) is 14.2 Å². The minimum Gasteiger partial charge on any atom is -0.493 e. The first-order valence-electron chi connectivity index (χ1n) is 8.33. The highest BCUT2D eigenvalue weighted by atomic mass is 16.5. The molecule has 4 heteroatoms. The molecule has 2 fully saturated rings. The van der Waals surface area contributed by atoms with Crippen molar-refractivity contribution in [3.05, 3.63) is 28.8 Å². The molecule has 0 radical (unpaired) electrons. The quantitative estimate of drug-likeness (QED) is 0.838. The molecule has 0 aromatic heterocycles. The maximum atomic E-state index is 12.4. The molecule has 2 atom stereocenters. The van der Waals surface area contributed by atoms with Gasteiger partial charge in [0, 0.05) is 18.9 Å². The number of likely N-dealkylation sites (tertiary alicyclic amines) is 1. The van der Waals surface area contributed by atoms with Gasteiger partial charge in [0.2, 0.25) is 5.91 Å². The van der Waals surface area contributed by atoms with Crippen molar-refractivity contribution in [3.63, 3.8) is 0 Å². The summed E-state index contributed by atoms with van der Waals surface area (Å²) in [5.41, 5.74) is 4.02. The van der Waals surface area contributed by atoms with Crippen LogP contribution in [0.4, 0.5) is 0 Å². The molecule has 1 spiro atoms. The van der Waals surface area contributed by atoms with Gasteiger partial charge < -0.3 is 14.4 Å². The molecule has 0 unspecified atom stereocenters. The van der Waals surface area contributed by atoms with Gasteiger partial charge in [0.25, 0.3) is 0 Å². The SMILES string of the molecule is COc1cc2c(cc1OC)[C@@H]1N(C)C(=O)CC[C@@]13CCCC3=C2. The monoisotopic (exact) mass is 313 g/mol. The first-order valence-corrected chi connectivity index (χ1v) is 8.33. The van der Waals surface area contributed by atoms with Crippen LogP contribution in [0.5, 0.6) is 11.5 Å². The van der Waals surface area contributed by atoms with E-state index in [1.165, 1.54) is 29.5 Å². The van der Waals surface area contributed by atoms with Gasteiger partial charge in [-0.05, 0) is 48.9 Å². The fourth-order valence-electron chi connectivity index (χ4n) is 4.94. The van der Waals surface area contributed by atoms with Crippen LogP contribution in [0.15, 0.2) is 17.7 Å². The molecule has 1 amide bonds. The Hall–Kier alpha value is -1.97. The maximum absolute atomic E-state index is 12.4. The molecule has 1 saturated carbocycles. The number of amides is 1. The van der Waals surface area contributed by atoms with Crippen molar-refractivity contribution in [1.82, 2.24) is 4.90 Å². The van der Waals surface area contributed by atoms with Crippen LogP contribution < -0.4 is 9.47 Å². The predicted octanol–water partition coefficient (Wildman–Crippen LogP) is 3.56. The Labute approximate surface area is 137 Å². The number of carbonyl (C=O) groups excluding carboxylic acids is 1. The fraction of sp³-hybridized carbons (Fsp3) is 0.526. The Morgan fingerprint density at radius 3 is 2.61 bits per heavy atom. The maximum Gasteiger partial charge on any atom is 0.222 e. The standard InChI is InChI=1S/C19H23NO3/c1-20-17(21)6-8-19-7-4-5-13(19)9-12-10-15(22-2)16(23-3)11-14(12)18(19)20/h9-11,18H,4-8H2,1-3H3/t18-,19+/m0/s1. The van der Waals surface area contributed by atoms with Crippen molar-refractivity contribution in [1.29, 1.82) is 0 Å². The summed E-state index contributed by atoms with van der Waals surface area (Å²) in [6.07, 6.45) is 7.51. The highest BCUT2D eigenvalue weighted by Gasteiger charge is 2.53. The molecule has 0 N–H and O–H groups in total. The zero-order valence-electron chi connectivity index (χ0n) is 14.0. The van der Waals surface area contributed by atoms with Crippen LogP contribution in [-0.2, 0) is 4.79 Å². The Morgan fingerprint density at radius 2 is 1.87 bits per heavy atom. The highest BCUT2D eigenvalue weighted by molar-refractivity contribution is 5.80. The third kappa shape index (κ3) is 1.87. The van der Waals surface area contributed by atoms with Gasteiger partial charge in [0.1, 0.15) is 0 Å². The third-order valence-corrected chi connectivity index (χ3v) is 6.01. The van der Waals surface area contributed by atoms with Crippen molar-refractivity contribution in [2.24, 2.45) is 5.41 Å². The van der Waals surface area contributed by atoms with E-state index in [0.717, 1.165) is 24.3 Å².